The first-order valence-corrected chi connectivity index (χ1v) is 8.63. The van der Waals surface area contributed by atoms with Gasteiger partial charge in [-0.05, 0) is 19.2 Å². The summed E-state index contributed by atoms with van der Waals surface area (Å²) < 4.78 is 24.4. The quantitative estimate of drug-likeness (QED) is 0.614. The highest BCUT2D eigenvalue weighted by Gasteiger charge is 2.34. The fourth-order valence-electron chi connectivity index (χ4n) is 2.59. The fourth-order valence-corrected chi connectivity index (χ4v) is 5.51. The van der Waals surface area contributed by atoms with Gasteiger partial charge in [0.05, 0.1) is 11.0 Å². The van der Waals surface area contributed by atoms with E-state index in [0.29, 0.717) is 42.7 Å². The molecule has 0 amide bonds. The molecule has 0 saturated carbocycles. The number of nitrogens with zero attached hydrogens (tertiary/aromatic N) is 1. The van der Waals surface area contributed by atoms with Crippen molar-refractivity contribution < 1.29 is 14.0 Å². The van der Waals surface area contributed by atoms with Crippen molar-refractivity contribution in [2.45, 2.75) is 0 Å². The molecule has 0 unspecified atom stereocenters. The number of anilines is 1. The number of benzene rings is 1. The predicted molar refractivity (Wildman–Crippen MR) is 76.3 cm³/mol. The van der Waals surface area contributed by atoms with E-state index in [-0.39, 0.29) is 0 Å². The summed E-state index contributed by atoms with van der Waals surface area (Å²) in [6.07, 6.45) is 1.40. The Hall–Kier alpha value is -1.19. The zero-order valence-corrected chi connectivity index (χ0v) is 12.0. The third-order valence-corrected chi connectivity index (χ3v) is 6.90. The zero-order valence-electron chi connectivity index (χ0n) is 11.1. The Morgan fingerprint density at radius 3 is 2.47 bits per heavy atom. The van der Waals surface area contributed by atoms with Gasteiger partial charge in [0.2, 0.25) is 0 Å². The molecule has 0 radical (unpaired) electrons. The Kier molecular flexibility index (Phi) is 3.19. The molecular weight excluding hydrogens is 263 g/mol. The summed E-state index contributed by atoms with van der Waals surface area (Å²) in [5.41, 5.74) is 6.46. The summed E-state index contributed by atoms with van der Waals surface area (Å²) in [4.78, 5) is 2.21. The number of ether oxygens (including phenoxy) is 2. The molecule has 0 bridgehead atoms. The van der Waals surface area contributed by atoms with Crippen molar-refractivity contribution in [3.8, 4) is 11.5 Å². The number of rotatable bonds is 1. The number of hydrogen-bond acceptors (Lipinski definition) is 5. The van der Waals surface area contributed by atoms with Gasteiger partial charge in [-0.25, -0.2) is 0 Å². The van der Waals surface area contributed by atoms with E-state index in [2.05, 4.69) is 11.9 Å². The second-order valence-corrected chi connectivity index (χ2v) is 8.32. The molecule has 6 heteroatoms. The Morgan fingerprint density at radius 1 is 1.16 bits per heavy atom. The topological polar surface area (TPSA) is 64.8 Å². The maximum atomic E-state index is 13.2. The first-order valence-electron chi connectivity index (χ1n) is 6.55. The lowest BCUT2D eigenvalue weighted by molar-refractivity contribution is 0.174. The molecule has 5 nitrogen and oxygen atoms in total. The molecule has 0 aliphatic carbocycles. The molecule has 1 aromatic carbocycles. The molecular formula is C13H19N2O3P. The van der Waals surface area contributed by atoms with E-state index in [1.54, 1.807) is 6.07 Å². The molecule has 3 rings (SSSR count). The van der Waals surface area contributed by atoms with Crippen LogP contribution in [0.1, 0.15) is 0 Å². The van der Waals surface area contributed by atoms with Crippen LogP contribution in [0.25, 0.3) is 0 Å². The van der Waals surface area contributed by atoms with Crippen LogP contribution in [-0.2, 0) is 4.57 Å². The highest BCUT2D eigenvalue weighted by atomic mass is 31.2. The monoisotopic (exact) mass is 282 g/mol. The first-order chi connectivity index (χ1) is 9.10. The number of nitrogen functional groups attached to an aromatic ring is 1. The van der Waals surface area contributed by atoms with Crippen molar-refractivity contribution in [1.82, 2.24) is 4.90 Å². The van der Waals surface area contributed by atoms with Crippen LogP contribution in [0.2, 0.25) is 0 Å². The largest absolute Gasteiger partial charge is 0.485 e. The first kappa shape index (κ1) is 12.8. The standard InChI is InChI=1S/C13H19N2O3P/c1-15-4-8-19(16,9-5-15)11-3-2-10(14)12-13(11)18-7-6-17-12/h2-3H,4-9,14H2,1H3. The molecule has 0 aromatic heterocycles. The summed E-state index contributed by atoms with van der Waals surface area (Å²) in [7, 11) is -0.328. The average molecular weight is 282 g/mol. The second kappa shape index (κ2) is 4.73. The summed E-state index contributed by atoms with van der Waals surface area (Å²) in [6.45, 7) is 2.70. The van der Waals surface area contributed by atoms with E-state index in [0.717, 1.165) is 18.4 Å². The molecule has 2 aliphatic rings. The van der Waals surface area contributed by atoms with Gasteiger partial charge < -0.3 is 24.7 Å². The van der Waals surface area contributed by atoms with E-state index >= 15 is 0 Å². The Morgan fingerprint density at radius 2 is 1.79 bits per heavy atom. The smallest absolute Gasteiger partial charge is 0.185 e. The normalized spacial score (nSPS) is 22.2. The van der Waals surface area contributed by atoms with Crippen molar-refractivity contribution in [2.24, 2.45) is 0 Å². The fraction of sp³-hybridized carbons (Fsp3) is 0.538. The molecule has 19 heavy (non-hydrogen) atoms. The van der Waals surface area contributed by atoms with Crippen LogP contribution in [-0.4, -0.2) is 50.6 Å². The van der Waals surface area contributed by atoms with Gasteiger partial charge in [0, 0.05) is 25.4 Å². The van der Waals surface area contributed by atoms with Crippen LogP contribution in [0.3, 0.4) is 0 Å². The molecule has 2 N–H and O–H groups in total. The predicted octanol–water partition coefficient (Wildman–Crippen LogP) is 0.974. The van der Waals surface area contributed by atoms with E-state index in [1.807, 2.05) is 6.07 Å². The summed E-state index contributed by atoms with van der Waals surface area (Å²) >= 11 is 0. The van der Waals surface area contributed by atoms with E-state index < -0.39 is 7.14 Å². The van der Waals surface area contributed by atoms with Gasteiger partial charge in [-0.2, -0.15) is 0 Å². The van der Waals surface area contributed by atoms with Crippen LogP contribution in [0, 0.1) is 0 Å². The minimum Gasteiger partial charge on any atom is -0.485 e. The molecule has 104 valence electrons. The van der Waals surface area contributed by atoms with Gasteiger partial charge in [0.25, 0.3) is 0 Å². The lowest BCUT2D eigenvalue weighted by atomic mass is 10.2. The van der Waals surface area contributed by atoms with Gasteiger partial charge >= 0.3 is 0 Å². The minimum atomic E-state index is -2.39. The van der Waals surface area contributed by atoms with Gasteiger partial charge in [-0.3, -0.25) is 0 Å². The van der Waals surface area contributed by atoms with Crippen LogP contribution >= 0.6 is 7.14 Å². The molecule has 1 saturated heterocycles. The maximum absolute atomic E-state index is 13.2. The Labute approximate surface area is 113 Å². The SMILES string of the molecule is CN1CCP(=O)(c2ccc(N)c3c2OCCO3)CC1. The van der Waals surface area contributed by atoms with Gasteiger partial charge in [0.15, 0.2) is 11.5 Å². The van der Waals surface area contributed by atoms with Gasteiger partial charge in [-0.1, -0.05) is 0 Å². The second-order valence-electron chi connectivity index (χ2n) is 5.17. The van der Waals surface area contributed by atoms with Crippen molar-refractivity contribution in [2.75, 3.05) is 51.4 Å². The number of hydrogen-bond donors (Lipinski definition) is 1. The highest BCUT2D eigenvalue weighted by Crippen LogP contribution is 2.51. The van der Waals surface area contributed by atoms with E-state index in [1.165, 1.54) is 0 Å². The van der Waals surface area contributed by atoms with Crippen LogP contribution in [0.15, 0.2) is 12.1 Å². The van der Waals surface area contributed by atoms with Crippen molar-refractivity contribution in [3.63, 3.8) is 0 Å². The van der Waals surface area contributed by atoms with E-state index in [4.69, 9.17) is 15.2 Å². The zero-order chi connectivity index (χ0) is 13.5. The molecule has 2 heterocycles. The van der Waals surface area contributed by atoms with Gasteiger partial charge in [-0.15, -0.1) is 0 Å². The number of nitrogens with two attached hydrogens (primary N) is 1. The third kappa shape index (κ3) is 2.21. The van der Waals surface area contributed by atoms with Crippen LogP contribution < -0.4 is 20.5 Å². The van der Waals surface area contributed by atoms with Crippen LogP contribution in [0.4, 0.5) is 5.69 Å². The van der Waals surface area contributed by atoms with E-state index in [9.17, 15) is 4.57 Å². The summed E-state index contributed by atoms with van der Waals surface area (Å²) in [5, 5.41) is 0.810. The number of fused-ring (bicyclic) bond motifs is 1. The van der Waals surface area contributed by atoms with Crippen LogP contribution in [0.5, 0.6) is 11.5 Å². The lowest BCUT2D eigenvalue weighted by Crippen LogP contribution is -2.35. The molecule has 0 atom stereocenters. The van der Waals surface area contributed by atoms with Crippen molar-refractivity contribution in [3.05, 3.63) is 12.1 Å². The molecule has 1 fully saturated rings. The van der Waals surface area contributed by atoms with Gasteiger partial charge in [0.1, 0.15) is 20.4 Å². The third-order valence-electron chi connectivity index (χ3n) is 3.82. The average Bonchev–Trinajstić information content (AvgIpc) is 2.43. The molecule has 2 aliphatic heterocycles. The maximum Gasteiger partial charge on any atom is 0.185 e. The Bertz CT molecular complexity index is 535. The minimum absolute atomic E-state index is 0.489. The lowest BCUT2D eigenvalue weighted by Gasteiger charge is -2.32. The van der Waals surface area contributed by atoms with Crippen molar-refractivity contribution >= 4 is 18.1 Å². The summed E-state index contributed by atoms with van der Waals surface area (Å²) in [6, 6.07) is 3.63. The molecule has 0 spiro atoms. The molecule has 1 aromatic rings. The highest BCUT2D eigenvalue weighted by molar-refractivity contribution is 7.71. The summed E-state index contributed by atoms with van der Waals surface area (Å²) in [5.74, 6) is 1.18. The Balaban J connectivity index is 2.03. The van der Waals surface area contributed by atoms with Crippen molar-refractivity contribution in [1.29, 1.82) is 0 Å².